The monoisotopic (exact) mass is 314 g/mol. The van der Waals surface area contributed by atoms with Crippen LogP contribution >= 0.6 is 11.8 Å². The Balaban J connectivity index is 1.92. The first-order valence-electron chi connectivity index (χ1n) is 8.08. The van der Waals surface area contributed by atoms with E-state index in [4.69, 9.17) is 0 Å². The number of nitrogens with zero attached hydrogens (tertiary/aromatic N) is 2. The van der Waals surface area contributed by atoms with E-state index in [0.717, 1.165) is 30.1 Å². The van der Waals surface area contributed by atoms with Gasteiger partial charge in [-0.05, 0) is 38.0 Å². The SMILES string of the molecule is CC(=O)c1ccc(C#N)cc1N1CCSC2(CCCCC2)C1. The molecule has 0 aromatic heterocycles. The molecule has 1 aromatic carbocycles. The number of Topliss-reactive ketones (excluding diaryl/α,β-unsaturated/α-hetero) is 1. The lowest BCUT2D eigenvalue weighted by Crippen LogP contribution is -2.48. The molecule has 1 aliphatic carbocycles. The molecule has 2 aliphatic rings. The van der Waals surface area contributed by atoms with E-state index >= 15 is 0 Å². The summed E-state index contributed by atoms with van der Waals surface area (Å²) in [5.74, 6) is 1.18. The fourth-order valence-corrected chi connectivity index (χ4v) is 5.28. The molecule has 0 radical (unpaired) electrons. The van der Waals surface area contributed by atoms with Gasteiger partial charge in [-0.1, -0.05) is 19.3 Å². The van der Waals surface area contributed by atoms with Crippen LogP contribution in [0.4, 0.5) is 5.69 Å². The number of nitriles is 1. The van der Waals surface area contributed by atoms with Crippen molar-refractivity contribution in [1.29, 1.82) is 5.26 Å². The van der Waals surface area contributed by atoms with Crippen molar-refractivity contribution in [1.82, 2.24) is 0 Å². The fourth-order valence-electron chi connectivity index (χ4n) is 3.71. The molecule has 1 aromatic rings. The third-order valence-corrected chi connectivity index (χ3v) is 6.40. The van der Waals surface area contributed by atoms with E-state index < -0.39 is 0 Å². The number of benzene rings is 1. The van der Waals surface area contributed by atoms with Gasteiger partial charge in [-0.25, -0.2) is 0 Å². The number of hydrogen-bond donors (Lipinski definition) is 0. The topological polar surface area (TPSA) is 44.1 Å². The summed E-state index contributed by atoms with van der Waals surface area (Å²) in [5.41, 5.74) is 2.34. The van der Waals surface area contributed by atoms with Crippen molar-refractivity contribution in [3.63, 3.8) is 0 Å². The number of ketones is 1. The second kappa shape index (κ2) is 6.34. The van der Waals surface area contributed by atoms with Crippen molar-refractivity contribution in [2.75, 3.05) is 23.7 Å². The summed E-state index contributed by atoms with van der Waals surface area (Å²) in [4.78, 5) is 14.3. The van der Waals surface area contributed by atoms with Crippen molar-refractivity contribution < 1.29 is 4.79 Å². The number of hydrogen-bond acceptors (Lipinski definition) is 4. The number of anilines is 1. The van der Waals surface area contributed by atoms with E-state index in [1.165, 1.54) is 32.1 Å². The Bertz CT molecular complexity index is 608. The van der Waals surface area contributed by atoms with Crippen LogP contribution in [0.1, 0.15) is 54.9 Å². The molecule has 1 spiro atoms. The maximum Gasteiger partial charge on any atom is 0.161 e. The molecule has 0 atom stereocenters. The van der Waals surface area contributed by atoms with Crippen molar-refractivity contribution in [3.05, 3.63) is 29.3 Å². The van der Waals surface area contributed by atoms with E-state index in [1.54, 1.807) is 13.0 Å². The molecule has 1 saturated carbocycles. The second-order valence-corrected chi connectivity index (χ2v) is 7.98. The Kier molecular flexibility index (Phi) is 4.44. The van der Waals surface area contributed by atoms with Gasteiger partial charge in [-0.3, -0.25) is 4.79 Å². The highest BCUT2D eigenvalue weighted by Crippen LogP contribution is 2.44. The molecule has 0 bridgehead atoms. The summed E-state index contributed by atoms with van der Waals surface area (Å²) < 4.78 is 0.354. The molecule has 22 heavy (non-hydrogen) atoms. The molecule has 1 saturated heterocycles. The molecule has 1 heterocycles. The first kappa shape index (κ1) is 15.4. The second-order valence-electron chi connectivity index (χ2n) is 6.41. The van der Waals surface area contributed by atoms with E-state index in [-0.39, 0.29) is 5.78 Å². The third-order valence-electron chi connectivity index (χ3n) is 4.86. The van der Waals surface area contributed by atoms with Gasteiger partial charge in [-0.15, -0.1) is 0 Å². The molecule has 4 heteroatoms. The lowest BCUT2D eigenvalue weighted by Gasteiger charge is -2.46. The van der Waals surface area contributed by atoms with E-state index in [9.17, 15) is 10.1 Å². The maximum atomic E-state index is 12.0. The predicted molar refractivity (Wildman–Crippen MR) is 91.6 cm³/mol. The smallest absolute Gasteiger partial charge is 0.161 e. The van der Waals surface area contributed by atoms with Crippen LogP contribution in [0.3, 0.4) is 0 Å². The average molecular weight is 314 g/mol. The molecule has 2 fully saturated rings. The number of thioether (sulfide) groups is 1. The number of carbonyl (C=O) groups is 1. The van der Waals surface area contributed by atoms with Crippen LogP contribution in [0.15, 0.2) is 18.2 Å². The van der Waals surface area contributed by atoms with Gasteiger partial charge in [0, 0.05) is 34.8 Å². The molecule has 116 valence electrons. The van der Waals surface area contributed by atoms with Gasteiger partial charge in [0.25, 0.3) is 0 Å². The zero-order valence-corrected chi connectivity index (χ0v) is 13.9. The highest BCUT2D eigenvalue weighted by atomic mass is 32.2. The summed E-state index contributed by atoms with van der Waals surface area (Å²) in [6.07, 6.45) is 6.55. The molecule has 1 aliphatic heterocycles. The van der Waals surface area contributed by atoms with Crippen LogP contribution < -0.4 is 4.90 Å². The first-order valence-corrected chi connectivity index (χ1v) is 9.06. The summed E-state index contributed by atoms with van der Waals surface area (Å²) in [5, 5.41) is 9.17. The molecular weight excluding hydrogens is 292 g/mol. The van der Waals surface area contributed by atoms with Crippen molar-refractivity contribution in [3.8, 4) is 6.07 Å². The van der Waals surface area contributed by atoms with Gasteiger partial charge in [0.2, 0.25) is 0 Å². The summed E-state index contributed by atoms with van der Waals surface area (Å²) >= 11 is 2.12. The van der Waals surface area contributed by atoms with Gasteiger partial charge in [-0.2, -0.15) is 17.0 Å². The fraction of sp³-hybridized carbons (Fsp3) is 0.556. The van der Waals surface area contributed by atoms with Crippen LogP contribution in [0.25, 0.3) is 0 Å². The van der Waals surface area contributed by atoms with Gasteiger partial charge in [0.05, 0.1) is 11.6 Å². The van der Waals surface area contributed by atoms with Crippen LogP contribution in [0.5, 0.6) is 0 Å². The highest BCUT2D eigenvalue weighted by Gasteiger charge is 2.37. The van der Waals surface area contributed by atoms with Gasteiger partial charge >= 0.3 is 0 Å². The summed E-state index contributed by atoms with van der Waals surface area (Å²) in [6, 6.07) is 7.65. The van der Waals surface area contributed by atoms with Crippen molar-refractivity contribution in [2.24, 2.45) is 0 Å². The van der Waals surface area contributed by atoms with Gasteiger partial charge in [0.15, 0.2) is 5.78 Å². The van der Waals surface area contributed by atoms with Crippen LogP contribution in [-0.2, 0) is 0 Å². The summed E-state index contributed by atoms with van der Waals surface area (Å²) in [7, 11) is 0. The first-order chi connectivity index (χ1) is 10.6. The zero-order chi connectivity index (χ0) is 15.6. The Labute approximate surface area is 136 Å². The third kappa shape index (κ3) is 3.01. The van der Waals surface area contributed by atoms with Gasteiger partial charge in [0.1, 0.15) is 0 Å². The van der Waals surface area contributed by atoms with Crippen molar-refractivity contribution in [2.45, 2.75) is 43.8 Å². The Morgan fingerprint density at radius 2 is 2.09 bits per heavy atom. The summed E-state index contributed by atoms with van der Waals surface area (Å²) in [6.45, 7) is 3.58. The van der Waals surface area contributed by atoms with E-state index in [0.29, 0.717) is 10.3 Å². The van der Waals surface area contributed by atoms with Crippen LogP contribution in [0, 0.1) is 11.3 Å². The Morgan fingerprint density at radius 3 is 2.77 bits per heavy atom. The molecule has 0 amide bonds. The maximum absolute atomic E-state index is 12.0. The average Bonchev–Trinajstić information content (AvgIpc) is 2.55. The molecule has 0 unspecified atom stereocenters. The van der Waals surface area contributed by atoms with Crippen LogP contribution in [0.2, 0.25) is 0 Å². The van der Waals surface area contributed by atoms with Gasteiger partial charge < -0.3 is 4.90 Å². The minimum absolute atomic E-state index is 0.0791. The molecular formula is C18H22N2OS. The quantitative estimate of drug-likeness (QED) is 0.773. The number of carbonyl (C=O) groups excluding carboxylic acids is 1. The van der Waals surface area contributed by atoms with E-state index in [2.05, 4.69) is 22.7 Å². The zero-order valence-electron chi connectivity index (χ0n) is 13.1. The largest absolute Gasteiger partial charge is 0.369 e. The van der Waals surface area contributed by atoms with E-state index in [1.807, 2.05) is 12.1 Å². The van der Waals surface area contributed by atoms with Crippen molar-refractivity contribution >= 4 is 23.2 Å². The highest BCUT2D eigenvalue weighted by molar-refractivity contribution is 8.00. The molecule has 3 rings (SSSR count). The lowest BCUT2D eigenvalue weighted by atomic mass is 9.87. The Morgan fingerprint density at radius 1 is 1.32 bits per heavy atom. The minimum atomic E-state index is 0.0791. The lowest BCUT2D eigenvalue weighted by molar-refractivity contribution is 0.101. The normalized spacial score (nSPS) is 20.6. The Hall–Kier alpha value is -1.47. The molecule has 3 nitrogen and oxygen atoms in total. The number of rotatable bonds is 2. The van der Waals surface area contributed by atoms with Crippen LogP contribution in [-0.4, -0.2) is 29.4 Å². The predicted octanol–water partition coefficient (Wildman–Crippen LogP) is 4.02. The molecule has 0 N–H and O–H groups in total. The standard InChI is InChI=1S/C18H22N2OS/c1-14(21)16-6-5-15(12-19)11-17(16)20-9-10-22-18(13-20)7-3-2-4-8-18/h5-6,11H,2-4,7-10,13H2,1H3. The minimum Gasteiger partial charge on any atom is -0.369 e.